The lowest BCUT2D eigenvalue weighted by Crippen LogP contribution is -2.28. The molecule has 4 nitrogen and oxygen atoms in total. The number of fused-ring (bicyclic) bond motifs is 1. The standard InChI is InChI=1S/C22H25N3O/c1-14-3-4-15(2)20(11-14)16-5-10-21-17(12-16)13-23-22(25-21)24-18-6-8-19(26)9-7-18/h3-5,10-13,18-19,26H,6-9H2,1-2H3,(H,23,24,25)/t18-,19-. The van der Waals surface area contributed by atoms with Gasteiger partial charge in [0.1, 0.15) is 0 Å². The number of aliphatic hydroxyl groups is 1. The molecule has 2 aromatic carbocycles. The maximum absolute atomic E-state index is 9.63. The van der Waals surface area contributed by atoms with Crippen LogP contribution in [0.4, 0.5) is 5.95 Å². The molecule has 0 saturated heterocycles. The highest BCUT2D eigenvalue weighted by molar-refractivity contribution is 5.85. The summed E-state index contributed by atoms with van der Waals surface area (Å²) in [6.45, 7) is 4.26. The van der Waals surface area contributed by atoms with Gasteiger partial charge in [-0.25, -0.2) is 9.97 Å². The lowest BCUT2D eigenvalue weighted by molar-refractivity contribution is 0.126. The van der Waals surface area contributed by atoms with Gasteiger partial charge in [-0.2, -0.15) is 0 Å². The first-order valence-corrected chi connectivity index (χ1v) is 9.37. The molecule has 1 saturated carbocycles. The molecule has 0 aliphatic heterocycles. The van der Waals surface area contributed by atoms with E-state index in [0.717, 1.165) is 36.6 Å². The summed E-state index contributed by atoms with van der Waals surface area (Å²) in [5.74, 6) is 0.679. The highest BCUT2D eigenvalue weighted by Crippen LogP contribution is 2.28. The normalized spacial score (nSPS) is 20.3. The summed E-state index contributed by atoms with van der Waals surface area (Å²) in [5, 5.41) is 14.1. The molecule has 3 aromatic rings. The molecular formula is C22H25N3O. The smallest absolute Gasteiger partial charge is 0.223 e. The molecule has 1 aliphatic rings. The third kappa shape index (κ3) is 3.56. The number of rotatable bonds is 3. The monoisotopic (exact) mass is 347 g/mol. The van der Waals surface area contributed by atoms with Crippen molar-refractivity contribution in [2.75, 3.05) is 5.32 Å². The summed E-state index contributed by atoms with van der Waals surface area (Å²) in [4.78, 5) is 9.19. The highest BCUT2D eigenvalue weighted by atomic mass is 16.3. The minimum atomic E-state index is -0.144. The Hall–Kier alpha value is -2.46. The van der Waals surface area contributed by atoms with Gasteiger partial charge in [0.15, 0.2) is 0 Å². The fourth-order valence-corrected chi connectivity index (χ4v) is 3.72. The van der Waals surface area contributed by atoms with Gasteiger partial charge < -0.3 is 10.4 Å². The molecule has 1 aliphatic carbocycles. The van der Waals surface area contributed by atoms with Gasteiger partial charge in [-0.15, -0.1) is 0 Å². The molecule has 0 radical (unpaired) electrons. The van der Waals surface area contributed by atoms with Crippen molar-refractivity contribution in [2.24, 2.45) is 0 Å². The average molecular weight is 347 g/mol. The molecule has 2 N–H and O–H groups in total. The molecule has 4 heteroatoms. The third-order valence-electron chi connectivity index (χ3n) is 5.31. The number of anilines is 1. The van der Waals surface area contributed by atoms with Gasteiger partial charge >= 0.3 is 0 Å². The molecule has 0 atom stereocenters. The van der Waals surface area contributed by atoms with Gasteiger partial charge in [0.2, 0.25) is 5.95 Å². The van der Waals surface area contributed by atoms with Crippen molar-refractivity contribution in [3.63, 3.8) is 0 Å². The van der Waals surface area contributed by atoms with Crippen LogP contribution < -0.4 is 5.32 Å². The van der Waals surface area contributed by atoms with E-state index >= 15 is 0 Å². The molecule has 4 rings (SSSR count). The maximum atomic E-state index is 9.63. The minimum absolute atomic E-state index is 0.144. The summed E-state index contributed by atoms with van der Waals surface area (Å²) in [5.41, 5.74) is 5.94. The third-order valence-corrected chi connectivity index (χ3v) is 5.31. The number of hydrogen-bond acceptors (Lipinski definition) is 4. The number of hydrogen-bond donors (Lipinski definition) is 2. The largest absolute Gasteiger partial charge is 0.393 e. The van der Waals surface area contributed by atoms with Crippen LogP contribution in [-0.2, 0) is 0 Å². The average Bonchev–Trinajstić information content (AvgIpc) is 2.65. The maximum Gasteiger partial charge on any atom is 0.223 e. The first-order valence-electron chi connectivity index (χ1n) is 9.37. The molecule has 0 bridgehead atoms. The number of benzene rings is 2. The lowest BCUT2D eigenvalue weighted by atomic mass is 9.93. The number of aromatic nitrogens is 2. The van der Waals surface area contributed by atoms with Gasteiger partial charge in [0, 0.05) is 17.6 Å². The summed E-state index contributed by atoms with van der Waals surface area (Å²) in [7, 11) is 0. The summed E-state index contributed by atoms with van der Waals surface area (Å²) < 4.78 is 0. The van der Waals surface area contributed by atoms with Crippen molar-refractivity contribution < 1.29 is 5.11 Å². The van der Waals surface area contributed by atoms with Crippen LogP contribution in [0.3, 0.4) is 0 Å². The molecule has 134 valence electrons. The molecule has 1 fully saturated rings. The van der Waals surface area contributed by atoms with E-state index in [1.165, 1.54) is 22.3 Å². The zero-order valence-corrected chi connectivity index (χ0v) is 15.4. The van der Waals surface area contributed by atoms with Crippen molar-refractivity contribution >= 4 is 16.9 Å². The van der Waals surface area contributed by atoms with Gasteiger partial charge in [-0.1, -0.05) is 29.8 Å². The Balaban J connectivity index is 1.59. The Labute approximate surface area is 154 Å². The number of nitrogens with zero attached hydrogens (tertiary/aromatic N) is 2. The van der Waals surface area contributed by atoms with Crippen molar-refractivity contribution in [1.29, 1.82) is 0 Å². The van der Waals surface area contributed by atoms with Crippen LogP contribution >= 0.6 is 0 Å². The van der Waals surface area contributed by atoms with Gasteiger partial charge in [0.25, 0.3) is 0 Å². The Bertz CT molecular complexity index is 930. The van der Waals surface area contributed by atoms with E-state index in [1.807, 2.05) is 6.20 Å². The Kier molecular flexibility index (Phi) is 4.60. The molecule has 1 aromatic heterocycles. The predicted octanol–water partition coefficient (Wildman–Crippen LogP) is 4.63. The second-order valence-corrected chi connectivity index (χ2v) is 7.44. The van der Waals surface area contributed by atoms with E-state index in [0.29, 0.717) is 12.0 Å². The second kappa shape index (κ2) is 7.04. The van der Waals surface area contributed by atoms with E-state index in [4.69, 9.17) is 0 Å². The lowest BCUT2D eigenvalue weighted by Gasteiger charge is -2.26. The van der Waals surface area contributed by atoms with Crippen LogP contribution in [0.15, 0.2) is 42.6 Å². The van der Waals surface area contributed by atoms with E-state index in [2.05, 4.69) is 65.5 Å². The molecule has 0 spiro atoms. The van der Waals surface area contributed by atoms with E-state index in [-0.39, 0.29) is 6.10 Å². The summed E-state index contributed by atoms with van der Waals surface area (Å²) >= 11 is 0. The highest BCUT2D eigenvalue weighted by Gasteiger charge is 2.19. The van der Waals surface area contributed by atoms with Crippen molar-refractivity contribution in [3.05, 3.63) is 53.7 Å². The number of nitrogens with one attached hydrogen (secondary N) is 1. The molecular weight excluding hydrogens is 322 g/mol. The van der Waals surface area contributed by atoms with Gasteiger partial charge in [-0.05, 0) is 68.4 Å². The number of aryl methyl sites for hydroxylation is 2. The second-order valence-electron chi connectivity index (χ2n) is 7.44. The predicted molar refractivity (Wildman–Crippen MR) is 106 cm³/mol. The van der Waals surface area contributed by atoms with Crippen LogP contribution in [0, 0.1) is 13.8 Å². The van der Waals surface area contributed by atoms with Gasteiger partial charge in [0.05, 0.1) is 11.6 Å². The van der Waals surface area contributed by atoms with Crippen molar-refractivity contribution in [2.45, 2.75) is 51.7 Å². The molecule has 1 heterocycles. The topological polar surface area (TPSA) is 58.0 Å². The molecule has 0 unspecified atom stereocenters. The zero-order chi connectivity index (χ0) is 18.1. The summed E-state index contributed by atoms with van der Waals surface area (Å²) in [6.07, 6.45) is 5.39. The van der Waals surface area contributed by atoms with Crippen LogP contribution in [-0.4, -0.2) is 27.2 Å². The van der Waals surface area contributed by atoms with Crippen LogP contribution in [0.25, 0.3) is 22.0 Å². The fraction of sp³-hybridized carbons (Fsp3) is 0.364. The SMILES string of the molecule is Cc1ccc(C)c(-c2ccc3nc(N[C@H]4CC[C@H](O)CC4)ncc3c2)c1. The van der Waals surface area contributed by atoms with Crippen molar-refractivity contribution in [1.82, 2.24) is 9.97 Å². The Morgan fingerprint density at radius 3 is 2.62 bits per heavy atom. The van der Waals surface area contributed by atoms with Crippen LogP contribution in [0.5, 0.6) is 0 Å². The minimum Gasteiger partial charge on any atom is -0.393 e. The quantitative estimate of drug-likeness (QED) is 0.725. The van der Waals surface area contributed by atoms with Crippen LogP contribution in [0.2, 0.25) is 0 Å². The van der Waals surface area contributed by atoms with E-state index < -0.39 is 0 Å². The summed E-state index contributed by atoms with van der Waals surface area (Å²) in [6, 6.07) is 13.3. The van der Waals surface area contributed by atoms with E-state index in [9.17, 15) is 5.11 Å². The zero-order valence-electron chi connectivity index (χ0n) is 15.4. The van der Waals surface area contributed by atoms with Crippen LogP contribution in [0.1, 0.15) is 36.8 Å². The Morgan fingerprint density at radius 1 is 1.00 bits per heavy atom. The van der Waals surface area contributed by atoms with Crippen molar-refractivity contribution in [3.8, 4) is 11.1 Å². The van der Waals surface area contributed by atoms with E-state index in [1.54, 1.807) is 0 Å². The first-order chi connectivity index (χ1) is 12.6. The Morgan fingerprint density at radius 2 is 1.81 bits per heavy atom. The molecule has 26 heavy (non-hydrogen) atoms. The number of aliphatic hydroxyl groups excluding tert-OH is 1. The van der Waals surface area contributed by atoms with Gasteiger partial charge in [-0.3, -0.25) is 0 Å². The molecule has 0 amide bonds. The first kappa shape index (κ1) is 17.0. The fourth-order valence-electron chi connectivity index (χ4n) is 3.72.